The van der Waals surface area contributed by atoms with Gasteiger partial charge < -0.3 is 5.11 Å². The molecule has 0 saturated heterocycles. The SMILES string of the molecule is NS(=O)(=O)c1ccc(C2=CN(C(=O)O)C3CC(F)=CC=C23)cc1CC(F)(F)F. The predicted molar refractivity (Wildman–Crippen MR) is 91.1 cm³/mol. The third kappa shape index (κ3) is 3.94. The number of rotatable bonds is 3. The Hall–Kier alpha value is -2.66. The molecule has 1 aliphatic carbocycles. The number of alkyl halides is 3. The molecule has 6 nitrogen and oxygen atoms in total. The van der Waals surface area contributed by atoms with E-state index in [1.54, 1.807) is 0 Å². The van der Waals surface area contributed by atoms with Crippen molar-refractivity contribution in [2.45, 2.75) is 30.0 Å². The Balaban J connectivity index is 2.14. The van der Waals surface area contributed by atoms with Crippen LogP contribution in [0.5, 0.6) is 0 Å². The second-order valence-corrected chi connectivity index (χ2v) is 7.88. The van der Waals surface area contributed by atoms with E-state index in [1.165, 1.54) is 18.3 Å². The maximum atomic E-state index is 13.6. The third-order valence-electron chi connectivity index (χ3n) is 4.40. The van der Waals surface area contributed by atoms with Crippen LogP contribution in [0, 0.1) is 0 Å². The number of hydrogen-bond donors (Lipinski definition) is 2. The molecule has 150 valence electrons. The number of primary sulfonamides is 1. The zero-order chi connectivity index (χ0) is 20.9. The first-order chi connectivity index (χ1) is 12.9. The summed E-state index contributed by atoms with van der Waals surface area (Å²) in [6.45, 7) is 0. The minimum absolute atomic E-state index is 0.169. The lowest BCUT2D eigenvalue weighted by molar-refractivity contribution is -0.127. The van der Waals surface area contributed by atoms with Crippen molar-refractivity contribution in [2.75, 3.05) is 0 Å². The first-order valence-corrected chi connectivity index (χ1v) is 9.44. The van der Waals surface area contributed by atoms with E-state index in [2.05, 4.69) is 0 Å². The normalized spacial score (nSPS) is 19.7. The maximum Gasteiger partial charge on any atom is 0.411 e. The molecule has 0 aromatic heterocycles. The molecule has 2 aliphatic rings. The third-order valence-corrected chi connectivity index (χ3v) is 5.41. The number of fused-ring (bicyclic) bond motifs is 1. The van der Waals surface area contributed by atoms with Crippen LogP contribution in [-0.2, 0) is 16.4 Å². The van der Waals surface area contributed by atoms with Crippen molar-refractivity contribution in [3.05, 3.63) is 59.1 Å². The number of benzene rings is 1. The van der Waals surface area contributed by atoms with Crippen LogP contribution >= 0.6 is 0 Å². The molecule has 1 aromatic rings. The van der Waals surface area contributed by atoms with Crippen LogP contribution in [-0.4, -0.2) is 36.7 Å². The van der Waals surface area contributed by atoms with Crippen molar-refractivity contribution in [3.8, 4) is 0 Å². The summed E-state index contributed by atoms with van der Waals surface area (Å²) < 4.78 is 75.5. The number of carboxylic acid groups (broad SMARTS) is 1. The van der Waals surface area contributed by atoms with Crippen LogP contribution in [0.3, 0.4) is 0 Å². The van der Waals surface area contributed by atoms with E-state index in [0.717, 1.165) is 23.1 Å². The van der Waals surface area contributed by atoms with Crippen LogP contribution in [0.1, 0.15) is 17.5 Å². The minimum Gasteiger partial charge on any atom is -0.465 e. The number of amides is 1. The molecule has 3 N–H and O–H groups in total. The van der Waals surface area contributed by atoms with Crippen molar-refractivity contribution in [1.82, 2.24) is 4.90 Å². The Morgan fingerprint density at radius 1 is 1.29 bits per heavy atom. The molecule has 1 atom stereocenters. The monoisotopic (exact) mass is 418 g/mol. The quantitative estimate of drug-likeness (QED) is 0.736. The molecular formula is C17H14F4N2O4S. The molecule has 1 amide bonds. The molecule has 0 spiro atoms. The van der Waals surface area contributed by atoms with Crippen molar-refractivity contribution in [1.29, 1.82) is 0 Å². The molecule has 0 radical (unpaired) electrons. The fourth-order valence-electron chi connectivity index (χ4n) is 3.28. The van der Waals surface area contributed by atoms with Gasteiger partial charge in [-0.2, -0.15) is 13.2 Å². The highest BCUT2D eigenvalue weighted by Gasteiger charge is 2.37. The van der Waals surface area contributed by atoms with Crippen molar-refractivity contribution >= 4 is 21.7 Å². The molecular weight excluding hydrogens is 404 g/mol. The molecule has 11 heteroatoms. The van der Waals surface area contributed by atoms with Gasteiger partial charge in [0.2, 0.25) is 10.0 Å². The van der Waals surface area contributed by atoms with E-state index in [0.29, 0.717) is 5.57 Å². The number of nitrogens with two attached hydrogens (primary N) is 1. The second-order valence-electron chi connectivity index (χ2n) is 6.35. The Bertz CT molecular complexity index is 1040. The number of nitrogens with zero attached hydrogens (tertiary/aromatic N) is 1. The summed E-state index contributed by atoms with van der Waals surface area (Å²) in [6.07, 6.45) is -4.07. The van der Waals surface area contributed by atoms with Crippen molar-refractivity contribution < 1.29 is 35.9 Å². The molecule has 1 unspecified atom stereocenters. The van der Waals surface area contributed by atoms with Gasteiger partial charge in [0.25, 0.3) is 0 Å². The predicted octanol–water partition coefficient (Wildman–Crippen LogP) is 3.33. The summed E-state index contributed by atoms with van der Waals surface area (Å²) in [5.41, 5.74) is 0.282. The molecule has 28 heavy (non-hydrogen) atoms. The minimum atomic E-state index is -4.69. The standard InChI is InChI=1S/C17H14F4N2O4S/c18-11-2-3-12-13(8-23(16(24)25)14(12)6-11)9-1-4-15(28(22,26)27)10(5-9)7-17(19,20)21/h1-5,8,14H,6-7H2,(H,24,25)(H2,22,26,27). The second kappa shape index (κ2) is 6.74. The number of hydrogen-bond acceptors (Lipinski definition) is 3. The molecule has 0 fully saturated rings. The average molecular weight is 418 g/mol. The van der Waals surface area contributed by atoms with Crippen LogP contribution in [0.25, 0.3) is 5.57 Å². The smallest absolute Gasteiger partial charge is 0.411 e. The fourth-order valence-corrected chi connectivity index (χ4v) is 4.04. The number of sulfonamides is 1. The largest absolute Gasteiger partial charge is 0.465 e. The summed E-state index contributed by atoms with van der Waals surface area (Å²) >= 11 is 0. The van der Waals surface area contributed by atoms with E-state index >= 15 is 0 Å². The Kier molecular flexibility index (Phi) is 4.84. The Morgan fingerprint density at radius 2 is 1.96 bits per heavy atom. The highest BCUT2D eigenvalue weighted by Crippen LogP contribution is 2.41. The average Bonchev–Trinajstić information content (AvgIpc) is 2.91. The summed E-state index contributed by atoms with van der Waals surface area (Å²) in [6, 6.07) is 2.35. The summed E-state index contributed by atoms with van der Waals surface area (Å²) in [5, 5.41) is 14.3. The lowest BCUT2D eigenvalue weighted by atomic mass is 9.90. The van der Waals surface area contributed by atoms with E-state index in [1.807, 2.05) is 0 Å². The molecule has 3 rings (SSSR count). The molecule has 1 heterocycles. The van der Waals surface area contributed by atoms with Gasteiger partial charge >= 0.3 is 12.3 Å². The van der Waals surface area contributed by atoms with Crippen molar-refractivity contribution in [3.63, 3.8) is 0 Å². The number of halogens is 4. The van der Waals surface area contributed by atoms with Gasteiger partial charge in [0.15, 0.2) is 0 Å². The first-order valence-electron chi connectivity index (χ1n) is 7.89. The van der Waals surface area contributed by atoms with Gasteiger partial charge in [-0.1, -0.05) is 12.1 Å². The Morgan fingerprint density at radius 3 is 2.54 bits per heavy atom. The van der Waals surface area contributed by atoms with Gasteiger partial charge in [-0.05, 0) is 34.9 Å². The van der Waals surface area contributed by atoms with Gasteiger partial charge in [0, 0.05) is 18.2 Å². The maximum absolute atomic E-state index is 13.6. The molecule has 1 aromatic carbocycles. The highest BCUT2D eigenvalue weighted by atomic mass is 32.2. The molecule has 0 bridgehead atoms. The summed E-state index contributed by atoms with van der Waals surface area (Å²) in [4.78, 5) is 11.6. The van der Waals surface area contributed by atoms with Gasteiger partial charge in [0.1, 0.15) is 5.83 Å². The highest BCUT2D eigenvalue weighted by molar-refractivity contribution is 7.89. The molecule has 0 saturated carbocycles. The van der Waals surface area contributed by atoms with E-state index in [4.69, 9.17) is 5.14 Å². The number of allylic oxidation sites excluding steroid dienone is 2. The van der Waals surface area contributed by atoms with Gasteiger partial charge in [-0.15, -0.1) is 0 Å². The van der Waals surface area contributed by atoms with Gasteiger partial charge in [-0.25, -0.2) is 22.7 Å². The number of carbonyl (C=O) groups is 1. The van der Waals surface area contributed by atoms with Crippen LogP contribution in [0.4, 0.5) is 22.4 Å². The zero-order valence-electron chi connectivity index (χ0n) is 14.1. The zero-order valence-corrected chi connectivity index (χ0v) is 14.9. The van der Waals surface area contributed by atoms with E-state index in [-0.39, 0.29) is 17.6 Å². The van der Waals surface area contributed by atoms with Gasteiger partial charge in [-0.3, -0.25) is 4.90 Å². The summed E-state index contributed by atoms with van der Waals surface area (Å²) in [7, 11) is -4.40. The van der Waals surface area contributed by atoms with Crippen LogP contribution in [0.2, 0.25) is 0 Å². The Labute approximate surface area is 157 Å². The lowest BCUT2D eigenvalue weighted by Gasteiger charge is -2.23. The van der Waals surface area contributed by atoms with Gasteiger partial charge in [0.05, 0.1) is 17.4 Å². The van der Waals surface area contributed by atoms with Crippen LogP contribution < -0.4 is 5.14 Å². The topological polar surface area (TPSA) is 101 Å². The van der Waals surface area contributed by atoms with E-state index < -0.39 is 51.0 Å². The first kappa shape index (κ1) is 20.1. The van der Waals surface area contributed by atoms with Crippen LogP contribution in [0.15, 0.2) is 52.8 Å². The fraction of sp³-hybridized carbons (Fsp3) is 0.235. The lowest BCUT2D eigenvalue weighted by Crippen LogP contribution is -2.33. The van der Waals surface area contributed by atoms with Crippen molar-refractivity contribution in [2.24, 2.45) is 5.14 Å². The molecule has 1 aliphatic heterocycles. The summed E-state index contributed by atoms with van der Waals surface area (Å²) in [5.74, 6) is -0.531. The van der Waals surface area contributed by atoms with E-state index in [9.17, 15) is 35.9 Å².